The van der Waals surface area contributed by atoms with Gasteiger partial charge in [-0.05, 0) is 29.7 Å². The lowest BCUT2D eigenvalue weighted by molar-refractivity contribution is 0.700. The van der Waals surface area contributed by atoms with Gasteiger partial charge in [0.05, 0.1) is 16.7 Å². The number of rotatable bonds is 3. The van der Waals surface area contributed by atoms with E-state index in [9.17, 15) is 0 Å². The topological polar surface area (TPSA) is 38.9 Å². The molecule has 0 radical (unpaired) electrons. The Kier molecular flexibility index (Phi) is 3.32. The van der Waals surface area contributed by atoms with Crippen LogP contribution in [-0.2, 0) is 6.42 Å². The molecule has 3 heteroatoms. The highest BCUT2D eigenvalue weighted by atomic mass is 32.1. The van der Waals surface area contributed by atoms with Gasteiger partial charge in [-0.3, -0.25) is 0 Å². The number of aryl methyl sites for hydroxylation is 1. The van der Waals surface area contributed by atoms with Crippen molar-refractivity contribution in [3.8, 4) is 0 Å². The zero-order valence-corrected chi connectivity index (χ0v) is 11.7. The first kappa shape index (κ1) is 12.3. The van der Waals surface area contributed by atoms with Crippen LogP contribution in [0.5, 0.6) is 0 Å². The lowest BCUT2D eigenvalue weighted by atomic mass is 10.0. The van der Waals surface area contributed by atoms with Crippen molar-refractivity contribution >= 4 is 22.1 Å². The number of aromatic nitrogens is 1. The molecule has 0 bridgehead atoms. The van der Waals surface area contributed by atoms with Crippen LogP contribution in [-0.4, -0.2) is 4.98 Å². The molecule has 0 spiro atoms. The lowest BCUT2D eigenvalue weighted by Crippen LogP contribution is -2.13. The van der Waals surface area contributed by atoms with E-state index in [0.717, 1.165) is 17.1 Å². The average Bonchev–Trinajstić information content (AvgIpc) is 2.85. The van der Waals surface area contributed by atoms with Gasteiger partial charge in [0.15, 0.2) is 0 Å². The molecule has 0 aliphatic carbocycles. The van der Waals surface area contributed by atoms with Gasteiger partial charge in [0.1, 0.15) is 0 Å². The standard InChI is InChI=1S/C16H16N2S/c1-11-18-16(10-19-11)15(17)9-12-6-7-13-4-2-3-5-14(13)8-12/h2-8,10,15H,9,17H2,1H3. The van der Waals surface area contributed by atoms with Crippen molar-refractivity contribution in [3.05, 3.63) is 64.1 Å². The third-order valence-electron chi connectivity index (χ3n) is 3.29. The maximum atomic E-state index is 6.23. The normalized spacial score (nSPS) is 12.7. The molecule has 96 valence electrons. The number of fused-ring (bicyclic) bond motifs is 1. The van der Waals surface area contributed by atoms with Crippen molar-refractivity contribution in [1.82, 2.24) is 4.98 Å². The van der Waals surface area contributed by atoms with Gasteiger partial charge in [-0.15, -0.1) is 11.3 Å². The first-order chi connectivity index (χ1) is 9.22. The van der Waals surface area contributed by atoms with Crippen LogP contribution in [0.3, 0.4) is 0 Å². The van der Waals surface area contributed by atoms with E-state index in [1.165, 1.54) is 16.3 Å². The fraction of sp³-hybridized carbons (Fsp3) is 0.188. The monoisotopic (exact) mass is 268 g/mol. The molecule has 2 nitrogen and oxygen atoms in total. The molecule has 2 N–H and O–H groups in total. The van der Waals surface area contributed by atoms with Gasteiger partial charge in [0, 0.05) is 5.38 Å². The molecule has 0 saturated heterocycles. The van der Waals surface area contributed by atoms with Crippen LogP contribution in [0.25, 0.3) is 10.8 Å². The van der Waals surface area contributed by atoms with Gasteiger partial charge in [-0.2, -0.15) is 0 Å². The minimum Gasteiger partial charge on any atom is -0.322 e. The van der Waals surface area contributed by atoms with Gasteiger partial charge in [0.25, 0.3) is 0 Å². The Morgan fingerprint density at radius 1 is 1.16 bits per heavy atom. The fourth-order valence-corrected chi connectivity index (χ4v) is 2.95. The molecule has 0 saturated carbocycles. The Morgan fingerprint density at radius 2 is 1.95 bits per heavy atom. The fourth-order valence-electron chi connectivity index (χ4n) is 2.27. The second-order valence-corrected chi connectivity index (χ2v) is 5.85. The molecule has 0 aliphatic heterocycles. The van der Waals surface area contributed by atoms with Gasteiger partial charge >= 0.3 is 0 Å². The van der Waals surface area contributed by atoms with Crippen LogP contribution in [0.15, 0.2) is 47.8 Å². The predicted octanol–water partition coefficient (Wildman–Crippen LogP) is 3.85. The first-order valence-corrected chi connectivity index (χ1v) is 7.25. The van der Waals surface area contributed by atoms with E-state index in [2.05, 4.69) is 52.8 Å². The number of thiazole rings is 1. The highest BCUT2D eigenvalue weighted by Crippen LogP contribution is 2.21. The van der Waals surface area contributed by atoms with Gasteiger partial charge in [0.2, 0.25) is 0 Å². The van der Waals surface area contributed by atoms with Crippen molar-refractivity contribution in [1.29, 1.82) is 0 Å². The Morgan fingerprint density at radius 3 is 2.68 bits per heavy atom. The molecule has 3 rings (SSSR count). The Balaban J connectivity index is 1.84. The van der Waals surface area contributed by atoms with Crippen molar-refractivity contribution in [2.24, 2.45) is 5.73 Å². The number of hydrogen-bond acceptors (Lipinski definition) is 3. The molecule has 1 unspecified atom stereocenters. The smallest absolute Gasteiger partial charge is 0.0898 e. The van der Waals surface area contributed by atoms with Crippen LogP contribution < -0.4 is 5.73 Å². The largest absolute Gasteiger partial charge is 0.322 e. The summed E-state index contributed by atoms with van der Waals surface area (Å²) in [5, 5.41) is 5.66. The summed E-state index contributed by atoms with van der Waals surface area (Å²) in [6.45, 7) is 2.01. The minimum absolute atomic E-state index is 0.0221. The average molecular weight is 268 g/mol. The van der Waals surface area contributed by atoms with Crippen molar-refractivity contribution in [3.63, 3.8) is 0 Å². The van der Waals surface area contributed by atoms with E-state index in [1.54, 1.807) is 11.3 Å². The van der Waals surface area contributed by atoms with Gasteiger partial charge in [-0.25, -0.2) is 4.98 Å². The second kappa shape index (κ2) is 5.11. The molecule has 3 aromatic rings. The van der Waals surface area contributed by atoms with Crippen LogP contribution in [0.1, 0.15) is 22.3 Å². The van der Waals surface area contributed by atoms with Crippen molar-refractivity contribution in [2.75, 3.05) is 0 Å². The van der Waals surface area contributed by atoms with Crippen molar-refractivity contribution < 1.29 is 0 Å². The highest BCUT2D eigenvalue weighted by molar-refractivity contribution is 7.09. The zero-order chi connectivity index (χ0) is 13.2. The van der Waals surface area contributed by atoms with Gasteiger partial charge in [-0.1, -0.05) is 42.5 Å². The second-order valence-electron chi connectivity index (χ2n) is 4.78. The Bertz CT molecular complexity index is 703. The molecule has 19 heavy (non-hydrogen) atoms. The zero-order valence-electron chi connectivity index (χ0n) is 10.8. The van der Waals surface area contributed by atoms with Crippen molar-refractivity contribution in [2.45, 2.75) is 19.4 Å². The number of hydrogen-bond donors (Lipinski definition) is 1. The molecular formula is C16H16N2S. The highest BCUT2D eigenvalue weighted by Gasteiger charge is 2.10. The summed E-state index contributed by atoms with van der Waals surface area (Å²) in [6.07, 6.45) is 0.827. The third-order valence-corrected chi connectivity index (χ3v) is 4.08. The quantitative estimate of drug-likeness (QED) is 0.783. The van der Waals surface area contributed by atoms with Crippen LogP contribution in [0.4, 0.5) is 0 Å². The molecule has 1 heterocycles. The molecule has 2 aromatic carbocycles. The molecule has 0 amide bonds. The molecular weight excluding hydrogens is 252 g/mol. The molecule has 0 aliphatic rings. The Labute approximate surface area is 116 Å². The summed E-state index contributed by atoms with van der Waals surface area (Å²) in [7, 11) is 0. The summed E-state index contributed by atoms with van der Waals surface area (Å²) in [6, 6.07) is 14.9. The molecule has 1 aromatic heterocycles. The molecule has 1 atom stereocenters. The summed E-state index contributed by atoms with van der Waals surface area (Å²) in [4.78, 5) is 4.46. The SMILES string of the molecule is Cc1nc(C(N)Cc2ccc3ccccc3c2)cs1. The van der Waals surface area contributed by atoms with Crippen LogP contribution >= 0.6 is 11.3 Å². The van der Waals surface area contributed by atoms with E-state index in [-0.39, 0.29) is 6.04 Å². The Hall–Kier alpha value is -1.71. The molecule has 0 fully saturated rings. The summed E-state index contributed by atoms with van der Waals surface area (Å²) < 4.78 is 0. The summed E-state index contributed by atoms with van der Waals surface area (Å²) in [5.74, 6) is 0. The van der Waals surface area contributed by atoms with Crippen LogP contribution in [0.2, 0.25) is 0 Å². The van der Waals surface area contributed by atoms with Gasteiger partial charge < -0.3 is 5.73 Å². The van der Waals surface area contributed by atoms with E-state index in [1.807, 2.05) is 6.92 Å². The summed E-state index contributed by atoms with van der Waals surface area (Å²) in [5.41, 5.74) is 8.49. The van der Waals surface area contributed by atoms with E-state index >= 15 is 0 Å². The third kappa shape index (κ3) is 2.67. The van der Waals surface area contributed by atoms with E-state index in [4.69, 9.17) is 5.73 Å². The lowest BCUT2D eigenvalue weighted by Gasteiger charge is -2.09. The minimum atomic E-state index is -0.0221. The number of nitrogens with two attached hydrogens (primary N) is 1. The van der Waals surface area contributed by atoms with E-state index in [0.29, 0.717) is 0 Å². The predicted molar refractivity (Wildman–Crippen MR) is 81.4 cm³/mol. The summed E-state index contributed by atoms with van der Waals surface area (Å²) >= 11 is 1.65. The first-order valence-electron chi connectivity index (χ1n) is 6.37. The maximum Gasteiger partial charge on any atom is 0.0898 e. The van der Waals surface area contributed by atoms with Crippen LogP contribution in [0, 0.1) is 6.92 Å². The number of nitrogens with zero attached hydrogens (tertiary/aromatic N) is 1. The number of benzene rings is 2. The van der Waals surface area contributed by atoms with E-state index < -0.39 is 0 Å². The maximum absolute atomic E-state index is 6.23.